The van der Waals surface area contributed by atoms with E-state index in [0.29, 0.717) is 19.7 Å². The summed E-state index contributed by atoms with van der Waals surface area (Å²) in [5, 5.41) is 6.50. The van der Waals surface area contributed by atoms with Crippen molar-refractivity contribution in [2.75, 3.05) is 32.1 Å². The molecule has 1 amide bonds. The molecule has 2 atom stereocenters. The fourth-order valence-corrected chi connectivity index (χ4v) is 4.63. The molecular weight excluding hydrogens is 404 g/mol. The van der Waals surface area contributed by atoms with E-state index in [1.54, 1.807) is 7.11 Å². The summed E-state index contributed by atoms with van der Waals surface area (Å²) in [4.78, 5) is 12.5. The number of anilines is 1. The van der Waals surface area contributed by atoms with E-state index in [4.69, 9.17) is 14.2 Å². The Bertz CT molecular complexity index is 893. The standard InChI is InChI=1S/C26H34N2O4/c1-3-31-22-11-9-21(10-12-22)27-17-20-14-19(16-28-26(20)29)18-8-13-24(30-2)25(15-18)32-23-6-4-5-7-23/h8-13,15,19-20,23,27H,3-7,14,16-17H2,1-2H3,(H,28,29)/t19-,20+/m1/s1. The summed E-state index contributed by atoms with van der Waals surface area (Å²) in [6, 6.07) is 14.1. The zero-order valence-corrected chi connectivity index (χ0v) is 19.1. The molecule has 1 aliphatic heterocycles. The number of carbonyl (C=O) groups excluding carboxylic acids is 1. The van der Waals surface area contributed by atoms with Crippen molar-refractivity contribution in [3.05, 3.63) is 48.0 Å². The molecule has 172 valence electrons. The van der Waals surface area contributed by atoms with Crippen LogP contribution in [-0.2, 0) is 4.79 Å². The van der Waals surface area contributed by atoms with Gasteiger partial charge in [-0.1, -0.05) is 6.07 Å². The molecule has 2 aromatic carbocycles. The van der Waals surface area contributed by atoms with Crippen LogP contribution in [0.1, 0.15) is 50.5 Å². The van der Waals surface area contributed by atoms with Gasteiger partial charge in [0.2, 0.25) is 5.91 Å². The first-order valence-electron chi connectivity index (χ1n) is 11.7. The summed E-state index contributed by atoms with van der Waals surface area (Å²) >= 11 is 0. The molecule has 32 heavy (non-hydrogen) atoms. The van der Waals surface area contributed by atoms with Crippen LogP contribution in [0.4, 0.5) is 5.69 Å². The van der Waals surface area contributed by atoms with Gasteiger partial charge in [-0.3, -0.25) is 4.79 Å². The van der Waals surface area contributed by atoms with E-state index < -0.39 is 0 Å². The molecule has 2 N–H and O–H groups in total. The molecule has 2 aromatic rings. The summed E-state index contributed by atoms with van der Waals surface area (Å²) in [5.41, 5.74) is 2.17. The Hall–Kier alpha value is -2.89. The van der Waals surface area contributed by atoms with E-state index in [0.717, 1.165) is 42.2 Å². The molecule has 0 bridgehead atoms. The highest BCUT2D eigenvalue weighted by atomic mass is 16.5. The van der Waals surface area contributed by atoms with Gasteiger partial charge in [0.15, 0.2) is 11.5 Å². The largest absolute Gasteiger partial charge is 0.494 e. The average molecular weight is 439 g/mol. The zero-order chi connectivity index (χ0) is 22.3. The van der Waals surface area contributed by atoms with Crippen molar-refractivity contribution in [1.82, 2.24) is 5.32 Å². The Morgan fingerprint density at radius 1 is 1.06 bits per heavy atom. The van der Waals surface area contributed by atoms with Crippen LogP contribution in [0.3, 0.4) is 0 Å². The molecule has 1 saturated heterocycles. The van der Waals surface area contributed by atoms with Gasteiger partial charge in [0.1, 0.15) is 5.75 Å². The highest BCUT2D eigenvalue weighted by Crippen LogP contribution is 2.36. The minimum absolute atomic E-state index is 0.0957. The van der Waals surface area contributed by atoms with E-state index >= 15 is 0 Å². The molecule has 1 saturated carbocycles. The maximum absolute atomic E-state index is 12.5. The van der Waals surface area contributed by atoms with Gasteiger partial charge >= 0.3 is 0 Å². The summed E-state index contributed by atoms with van der Waals surface area (Å²) in [5.74, 6) is 2.70. The van der Waals surface area contributed by atoms with Crippen LogP contribution in [0.25, 0.3) is 0 Å². The van der Waals surface area contributed by atoms with E-state index in [9.17, 15) is 4.79 Å². The van der Waals surface area contributed by atoms with Crippen molar-refractivity contribution >= 4 is 11.6 Å². The van der Waals surface area contributed by atoms with E-state index in [1.807, 2.05) is 37.3 Å². The first-order chi connectivity index (χ1) is 15.7. The molecule has 4 rings (SSSR count). The quantitative estimate of drug-likeness (QED) is 0.591. The minimum atomic E-state index is -0.0957. The highest BCUT2D eigenvalue weighted by Gasteiger charge is 2.30. The number of hydrogen-bond donors (Lipinski definition) is 2. The maximum atomic E-state index is 12.5. The summed E-state index contributed by atoms with van der Waals surface area (Å²) < 4.78 is 17.3. The lowest BCUT2D eigenvalue weighted by molar-refractivity contribution is -0.126. The second-order valence-corrected chi connectivity index (χ2v) is 8.65. The minimum Gasteiger partial charge on any atom is -0.494 e. The van der Waals surface area contributed by atoms with Gasteiger partial charge in [-0.25, -0.2) is 0 Å². The molecule has 1 aliphatic carbocycles. The third kappa shape index (κ3) is 5.47. The van der Waals surface area contributed by atoms with Crippen LogP contribution in [-0.4, -0.2) is 38.8 Å². The number of piperidine rings is 1. The Kier molecular flexibility index (Phi) is 7.40. The third-order valence-electron chi connectivity index (χ3n) is 6.44. The lowest BCUT2D eigenvalue weighted by Gasteiger charge is -2.30. The van der Waals surface area contributed by atoms with Crippen LogP contribution < -0.4 is 24.8 Å². The SMILES string of the molecule is CCOc1ccc(NC[C@@H]2C[C@@H](c3ccc(OC)c(OC4CCCC4)c3)CNC2=O)cc1. The van der Waals surface area contributed by atoms with Crippen molar-refractivity contribution in [2.45, 2.75) is 51.0 Å². The number of hydrogen-bond acceptors (Lipinski definition) is 5. The molecule has 2 fully saturated rings. The van der Waals surface area contributed by atoms with Crippen LogP contribution in [0, 0.1) is 5.92 Å². The monoisotopic (exact) mass is 438 g/mol. The van der Waals surface area contributed by atoms with E-state index in [-0.39, 0.29) is 23.8 Å². The predicted octanol–water partition coefficient (Wildman–Crippen LogP) is 4.75. The predicted molar refractivity (Wildman–Crippen MR) is 126 cm³/mol. The number of methoxy groups -OCH3 is 1. The van der Waals surface area contributed by atoms with Gasteiger partial charge in [-0.2, -0.15) is 0 Å². The molecule has 2 aliphatic rings. The van der Waals surface area contributed by atoms with Gasteiger partial charge in [0.25, 0.3) is 0 Å². The normalized spacial score (nSPS) is 21.1. The molecule has 6 nitrogen and oxygen atoms in total. The number of nitrogens with one attached hydrogen (secondary N) is 2. The second kappa shape index (κ2) is 10.6. The summed E-state index contributed by atoms with van der Waals surface area (Å²) in [7, 11) is 1.68. The number of carbonyl (C=O) groups is 1. The van der Waals surface area contributed by atoms with Gasteiger partial charge in [-0.05, 0) is 81.0 Å². The molecule has 1 heterocycles. The number of benzene rings is 2. The van der Waals surface area contributed by atoms with Crippen LogP contribution >= 0.6 is 0 Å². The van der Waals surface area contributed by atoms with Crippen LogP contribution in [0.15, 0.2) is 42.5 Å². The Morgan fingerprint density at radius 3 is 2.56 bits per heavy atom. The van der Waals surface area contributed by atoms with E-state index in [2.05, 4.69) is 22.8 Å². The average Bonchev–Trinajstić information content (AvgIpc) is 3.33. The Balaban J connectivity index is 1.40. The lowest BCUT2D eigenvalue weighted by atomic mass is 9.85. The highest BCUT2D eigenvalue weighted by molar-refractivity contribution is 5.80. The fourth-order valence-electron chi connectivity index (χ4n) is 4.63. The van der Waals surface area contributed by atoms with Gasteiger partial charge < -0.3 is 24.8 Å². The first kappa shape index (κ1) is 22.3. The summed E-state index contributed by atoms with van der Waals surface area (Å²) in [6.07, 6.45) is 5.73. The lowest BCUT2D eigenvalue weighted by Crippen LogP contribution is -2.43. The molecule has 0 spiro atoms. The topological polar surface area (TPSA) is 68.8 Å². The smallest absolute Gasteiger partial charge is 0.224 e. The van der Waals surface area contributed by atoms with Crippen molar-refractivity contribution < 1.29 is 19.0 Å². The van der Waals surface area contributed by atoms with Crippen molar-refractivity contribution in [2.24, 2.45) is 5.92 Å². The first-order valence-corrected chi connectivity index (χ1v) is 11.7. The molecule has 6 heteroatoms. The molecule has 0 aromatic heterocycles. The van der Waals surface area contributed by atoms with Gasteiger partial charge in [0, 0.05) is 24.7 Å². The summed E-state index contributed by atoms with van der Waals surface area (Å²) in [6.45, 7) is 3.86. The molecule has 0 radical (unpaired) electrons. The van der Waals surface area contributed by atoms with E-state index in [1.165, 1.54) is 18.4 Å². The second-order valence-electron chi connectivity index (χ2n) is 8.65. The zero-order valence-electron chi connectivity index (χ0n) is 19.1. The molecular formula is C26H34N2O4. The maximum Gasteiger partial charge on any atom is 0.224 e. The number of amides is 1. The number of rotatable bonds is 9. The number of ether oxygens (including phenoxy) is 3. The Morgan fingerprint density at radius 2 is 1.84 bits per heavy atom. The van der Waals surface area contributed by atoms with Gasteiger partial charge in [-0.15, -0.1) is 0 Å². The Labute approximate surface area is 190 Å². The van der Waals surface area contributed by atoms with Crippen LogP contribution in [0.2, 0.25) is 0 Å². The molecule has 0 unspecified atom stereocenters. The third-order valence-corrected chi connectivity index (χ3v) is 6.44. The van der Waals surface area contributed by atoms with Gasteiger partial charge in [0.05, 0.1) is 25.7 Å². The van der Waals surface area contributed by atoms with Crippen LogP contribution in [0.5, 0.6) is 17.2 Å². The fraction of sp³-hybridized carbons (Fsp3) is 0.500. The van der Waals surface area contributed by atoms with Crippen molar-refractivity contribution in [3.63, 3.8) is 0 Å². The van der Waals surface area contributed by atoms with Crippen molar-refractivity contribution in [3.8, 4) is 17.2 Å². The van der Waals surface area contributed by atoms with Crippen molar-refractivity contribution in [1.29, 1.82) is 0 Å².